The summed E-state index contributed by atoms with van der Waals surface area (Å²) in [6.07, 6.45) is 27.5. The van der Waals surface area contributed by atoms with Crippen LogP contribution in [0.4, 0.5) is 0 Å². The van der Waals surface area contributed by atoms with Gasteiger partial charge in [-0.2, -0.15) is 0 Å². The summed E-state index contributed by atoms with van der Waals surface area (Å²) in [6, 6.07) is 8.42. The van der Waals surface area contributed by atoms with Crippen LogP contribution in [0.3, 0.4) is 0 Å². The summed E-state index contributed by atoms with van der Waals surface area (Å²) in [5.41, 5.74) is 3.95. The van der Waals surface area contributed by atoms with Gasteiger partial charge in [-0.25, -0.2) is 0 Å². The summed E-state index contributed by atoms with van der Waals surface area (Å²) in [7, 11) is 0. The number of hydrogen-bond acceptors (Lipinski definition) is 6. The topological polar surface area (TPSA) is 39.0 Å². The number of rotatable bonds is 1. The van der Waals surface area contributed by atoms with Crippen LogP contribution in [0.5, 0.6) is 0 Å². The van der Waals surface area contributed by atoms with Gasteiger partial charge in [0.25, 0.3) is 0 Å². The quantitative estimate of drug-likeness (QED) is 0.485. The van der Waals surface area contributed by atoms with Gasteiger partial charge >= 0.3 is 27.9 Å². The molecule has 8 rings (SSSR count). The van der Waals surface area contributed by atoms with Crippen molar-refractivity contribution < 1.29 is 4.42 Å². The van der Waals surface area contributed by atoms with Gasteiger partial charge in [-0.05, 0) is 60.7 Å². The number of allylic oxidation sites excluding steroid dienone is 8. The lowest BCUT2D eigenvalue weighted by molar-refractivity contribution is 0.622. The number of benzene rings is 1. The zero-order valence-electron chi connectivity index (χ0n) is 20.1. The summed E-state index contributed by atoms with van der Waals surface area (Å²) in [4.78, 5) is 4.26. The number of para-hydroxylation sites is 1. The largest absolute Gasteiger partial charge is 0.454 e. The number of aromatic nitrogens is 1. The number of pyridine rings is 1. The first-order valence-electron chi connectivity index (χ1n) is 12.7. The van der Waals surface area contributed by atoms with E-state index in [2.05, 4.69) is 133 Å². The number of furan rings is 1. The van der Waals surface area contributed by atoms with E-state index in [1.54, 1.807) is 6.20 Å². The molecule has 2 aromatic heterocycles. The van der Waals surface area contributed by atoms with E-state index in [4.69, 9.17) is 4.42 Å². The van der Waals surface area contributed by atoms with Crippen molar-refractivity contribution in [2.75, 3.05) is 0 Å². The van der Waals surface area contributed by atoms with Gasteiger partial charge < -0.3 is 23.3 Å². The molecular formula is C27H21B4N5O. The maximum atomic E-state index is 6.34. The molecule has 0 saturated carbocycles. The van der Waals surface area contributed by atoms with Crippen LogP contribution in [0, 0.1) is 0 Å². The van der Waals surface area contributed by atoms with Gasteiger partial charge in [0, 0.05) is 22.5 Å². The van der Waals surface area contributed by atoms with Crippen molar-refractivity contribution >= 4 is 55.4 Å². The maximum absolute atomic E-state index is 6.34. The standard InChI is InChI=1S/C27H21B4N5O/c1-4-16-33-28(12-1)34-17-5-2-14-30(34)36-19-11-22(20-31(36)35-18-6-3-13-29(33)35)23-8-7-9-25-24-10-15-32-21-26(24)37-27(23)25/h1-21H. The van der Waals surface area contributed by atoms with Crippen LogP contribution in [0.15, 0.2) is 132 Å². The highest BCUT2D eigenvalue weighted by Gasteiger charge is 2.49. The van der Waals surface area contributed by atoms with E-state index < -0.39 is 0 Å². The molecule has 5 aliphatic rings. The summed E-state index contributed by atoms with van der Waals surface area (Å²) >= 11 is 0. The van der Waals surface area contributed by atoms with Gasteiger partial charge in [-0.15, -0.1) is 0 Å². The van der Waals surface area contributed by atoms with E-state index in [1.165, 1.54) is 0 Å². The molecular weight excluding hydrogens is 454 g/mol. The first kappa shape index (κ1) is 20.7. The molecule has 1 fully saturated rings. The molecule has 172 valence electrons. The monoisotopic (exact) mass is 475 g/mol. The van der Waals surface area contributed by atoms with Gasteiger partial charge in [0.2, 0.25) is 0 Å². The Bertz CT molecular complexity index is 1640. The number of nitrogens with zero attached hydrogens (tertiary/aromatic N) is 5. The molecule has 0 aliphatic carbocycles. The van der Waals surface area contributed by atoms with Crippen LogP contribution in [0.2, 0.25) is 0 Å². The average Bonchev–Trinajstić information content (AvgIpc) is 3.35. The third-order valence-corrected chi connectivity index (χ3v) is 7.77. The first-order valence-corrected chi connectivity index (χ1v) is 12.7. The second-order valence-electron chi connectivity index (χ2n) is 9.72. The van der Waals surface area contributed by atoms with Crippen molar-refractivity contribution in [1.82, 2.24) is 23.9 Å². The first-order chi connectivity index (χ1) is 18.4. The lowest BCUT2D eigenvalue weighted by Gasteiger charge is -2.53. The predicted octanol–water partition coefficient (Wildman–Crippen LogP) is 4.47. The fourth-order valence-corrected chi connectivity index (χ4v) is 6.10. The second kappa shape index (κ2) is 8.03. The van der Waals surface area contributed by atoms with Crippen LogP contribution >= 0.6 is 0 Å². The molecule has 0 unspecified atom stereocenters. The second-order valence-corrected chi connectivity index (χ2v) is 9.72. The molecule has 0 radical (unpaired) electrons. The zero-order chi connectivity index (χ0) is 24.3. The third-order valence-electron chi connectivity index (χ3n) is 7.77. The van der Waals surface area contributed by atoms with E-state index in [9.17, 15) is 0 Å². The van der Waals surface area contributed by atoms with E-state index in [0.29, 0.717) is 0 Å². The Morgan fingerprint density at radius 1 is 0.649 bits per heavy atom. The molecule has 5 aliphatic heterocycles. The Balaban J connectivity index is 1.29. The van der Waals surface area contributed by atoms with Crippen LogP contribution < -0.4 is 0 Å². The van der Waals surface area contributed by atoms with Crippen LogP contribution in [0.25, 0.3) is 27.5 Å². The van der Waals surface area contributed by atoms with Gasteiger partial charge in [0.1, 0.15) is 5.58 Å². The smallest absolute Gasteiger partial charge is 0.381 e. The molecule has 7 heterocycles. The van der Waals surface area contributed by atoms with Gasteiger partial charge in [-0.1, -0.05) is 60.3 Å². The highest BCUT2D eigenvalue weighted by molar-refractivity contribution is 6.92. The molecule has 0 bridgehead atoms. The molecule has 1 saturated heterocycles. The fourth-order valence-electron chi connectivity index (χ4n) is 6.10. The lowest BCUT2D eigenvalue weighted by Crippen LogP contribution is -2.73. The Morgan fingerprint density at radius 2 is 1.30 bits per heavy atom. The zero-order valence-corrected chi connectivity index (χ0v) is 20.1. The predicted molar refractivity (Wildman–Crippen MR) is 154 cm³/mol. The van der Waals surface area contributed by atoms with Crippen LogP contribution in [-0.4, -0.2) is 51.8 Å². The molecule has 0 spiro atoms. The Labute approximate surface area is 217 Å². The van der Waals surface area contributed by atoms with E-state index in [0.717, 1.165) is 33.1 Å². The van der Waals surface area contributed by atoms with Crippen molar-refractivity contribution in [3.05, 3.63) is 133 Å². The molecule has 1 aromatic carbocycles. The van der Waals surface area contributed by atoms with Gasteiger partial charge in [0.15, 0.2) is 5.58 Å². The maximum Gasteiger partial charge on any atom is 0.381 e. The third kappa shape index (κ3) is 3.08. The minimum atomic E-state index is -0.00333. The number of hydrogen-bond donors (Lipinski definition) is 0. The molecule has 0 amide bonds. The van der Waals surface area contributed by atoms with Crippen molar-refractivity contribution in [1.29, 1.82) is 0 Å². The number of fused-ring (bicyclic) bond motifs is 11. The highest BCUT2D eigenvalue weighted by Crippen LogP contribution is 2.36. The van der Waals surface area contributed by atoms with E-state index >= 15 is 0 Å². The van der Waals surface area contributed by atoms with Crippen molar-refractivity contribution in [3.8, 4) is 0 Å². The molecule has 10 heteroatoms. The van der Waals surface area contributed by atoms with Gasteiger partial charge in [0.05, 0.1) is 6.20 Å². The Morgan fingerprint density at radius 3 is 2.00 bits per heavy atom. The van der Waals surface area contributed by atoms with Crippen molar-refractivity contribution in [2.24, 2.45) is 0 Å². The average molecular weight is 475 g/mol. The lowest BCUT2D eigenvalue weighted by atomic mass is 9.41. The molecule has 37 heavy (non-hydrogen) atoms. The molecule has 0 N–H and O–H groups in total. The Hall–Kier alpha value is -4.45. The van der Waals surface area contributed by atoms with Gasteiger partial charge in [-0.3, -0.25) is 4.98 Å². The van der Waals surface area contributed by atoms with Crippen LogP contribution in [0.1, 0.15) is 5.56 Å². The van der Waals surface area contributed by atoms with Crippen LogP contribution in [-0.2, 0) is 0 Å². The molecule has 6 nitrogen and oxygen atoms in total. The fraction of sp³-hybridized carbons (Fsp3) is 0. The van der Waals surface area contributed by atoms with Crippen molar-refractivity contribution in [2.45, 2.75) is 0 Å². The molecule has 3 aromatic rings. The Kier molecular flexibility index (Phi) is 4.50. The summed E-state index contributed by atoms with van der Waals surface area (Å²) in [5, 5.41) is 2.21. The normalized spacial score (nSPS) is 19.4. The van der Waals surface area contributed by atoms with E-state index in [-0.39, 0.29) is 27.9 Å². The summed E-state index contributed by atoms with van der Waals surface area (Å²) < 4.78 is 16.1. The summed E-state index contributed by atoms with van der Waals surface area (Å²) in [6.45, 7) is 0.246. The SMILES string of the molecule is C1=CB2N(C=C1)B1C=CC=CN1B1C=C(c3cccc4c3oc3cnccc34)C=CN1B1C=CC=CN21. The minimum absolute atomic E-state index is 0.00333. The van der Waals surface area contributed by atoms with E-state index in [1.807, 2.05) is 12.3 Å². The highest BCUT2D eigenvalue weighted by atomic mass is 16.3. The molecule has 0 atom stereocenters. The minimum Gasteiger partial charge on any atom is -0.454 e. The summed E-state index contributed by atoms with van der Waals surface area (Å²) in [5.74, 6) is 9.19. The van der Waals surface area contributed by atoms with Crippen molar-refractivity contribution in [3.63, 3.8) is 0 Å².